The lowest BCUT2D eigenvalue weighted by Crippen LogP contribution is -2.19. The summed E-state index contributed by atoms with van der Waals surface area (Å²) in [6, 6.07) is 14.3. The summed E-state index contributed by atoms with van der Waals surface area (Å²) in [6.07, 6.45) is 1.05. The van der Waals surface area contributed by atoms with Crippen LogP contribution in [0.1, 0.15) is 39.7 Å². The Hall–Kier alpha value is -2.79. The van der Waals surface area contributed by atoms with Crippen LogP contribution in [-0.2, 0) is 13.0 Å². The Kier molecular flexibility index (Phi) is 5.33. The first-order chi connectivity index (χ1) is 14.0. The van der Waals surface area contributed by atoms with E-state index in [-0.39, 0.29) is 5.91 Å². The third kappa shape index (κ3) is 3.87. The molecule has 0 bridgehead atoms. The van der Waals surface area contributed by atoms with E-state index < -0.39 is 0 Å². The number of carbonyl (C=O) groups excluding carboxylic acids is 1. The van der Waals surface area contributed by atoms with Crippen molar-refractivity contribution in [2.24, 2.45) is 0 Å². The SMILES string of the molecule is CCN1CCc2ccc(NC(=O)c3c(C)nn(Cc4ccc(C)cc4)c3Cl)cc21. The molecular formula is C23H25ClN4O. The fraction of sp³-hybridized carbons (Fsp3) is 0.304. The average Bonchev–Trinajstić information content (AvgIpc) is 3.23. The van der Waals surface area contributed by atoms with Crippen LogP contribution in [0, 0.1) is 13.8 Å². The summed E-state index contributed by atoms with van der Waals surface area (Å²) in [5, 5.41) is 7.84. The van der Waals surface area contributed by atoms with Gasteiger partial charge in [-0.3, -0.25) is 4.79 Å². The van der Waals surface area contributed by atoms with Gasteiger partial charge < -0.3 is 10.2 Å². The van der Waals surface area contributed by atoms with Crippen molar-refractivity contribution >= 4 is 28.9 Å². The molecule has 0 atom stereocenters. The molecule has 1 aromatic heterocycles. The molecule has 0 saturated heterocycles. The first kappa shape index (κ1) is 19.5. The third-order valence-corrected chi connectivity index (χ3v) is 5.85. The molecule has 0 fully saturated rings. The smallest absolute Gasteiger partial charge is 0.260 e. The highest BCUT2D eigenvalue weighted by atomic mass is 35.5. The molecule has 0 aliphatic carbocycles. The second-order valence-electron chi connectivity index (χ2n) is 7.52. The van der Waals surface area contributed by atoms with Crippen molar-refractivity contribution in [3.05, 3.63) is 75.6 Å². The maximum Gasteiger partial charge on any atom is 0.260 e. The third-order valence-electron chi connectivity index (χ3n) is 5.46. The number of nitrogens with zero attached hydrogens (tertiary/aromatic N) is 3. The Balaban J connectivity index is 1.55. The van der Waals surface area contributed by atoms with Crippen molar-refractivity contribution in [2.45, 2.75) is 33.7 Å². The van der Waals surface area contributed by atoms with E-state index in [1.807, 2.05) is 31.2 Å². The van der Waals surface area contributed by atoms with Crippen LogP contribution in [0.15, 0.2) is 42.5 Å². The number of rotatable bonds is 5. The lowest BCUT2D eigenvalue weighted by molar-refractivity contribution is 0.102. The Labute approximate surface area is 176 Å². The molecule has 1 amide bonds. The van der Waals surface area contributed by atoms with Crippen LogP contribution in [0.4, 0.5) is 11.4 Å². The molecule has 150 valence electrons. The number of carbonyl (C=O) groups is 1. The van der Waals surface area contributed by atoms with Gasteiger partial charge in [0.2, 0.25) is 0 Å². The van der Waals surface area contributed by atoms with Gasteiger partial charge in [-0.05, 0) is 50.5 Å². The van der Waals surface area contributed by atoms with E-state index in [1.54, 1.807) is 4.68 Å². The van der Waals surface area contributed by atoms with Crippen LogP contribution < -0.4 is 10.2 Å². The van der Waals surface area contributed by atoms with Gasteiger partial charge >= 0.3 is 0 Å². The van der Waals surface area contributed by atoms with Gasteiger partial charge in [-0.1, -0.05) is 47.5 Å². The van der Waals surface area contributed by atoms with E-state index >= 15 is 0 Å². The minimum Gasteiger partial charge on any atom is -0.371 e. The average molecular weight is 409 g/mol. The molecule has 2 heterocycles. The summed E-state index contributed by atoms with van der Waals surface area (Å²) in [5.74, 6) is -0.233. The van der Waals surface area contributed by atoms with Gasteiger partial charge in [-0.25, -0.2) is 4.68 Å². The van der Waals surface area contributed by atoms with E-state index in [1.165, 1.54) is 16.8 Å². The topological polar surface area (TPSA) is 50.2 Å². The van der Waals surface area contributed by atoms with Crippen molar-refractivity contribution in [1.82, 2.24) is 9.78 Å². The number of fused-ring (bicyclic) bond motifs is 1. The van der Waals surface area contributed by atoms with E-state index in [0.717, 1.165) is 30.8 Å². The molecule has 0 radical (unpaired) electrons. The molecule has 6 heteroatoms. The molecule has 1 N–H and O–H groups in total. The van der Waals surface area contributed by atoms with Gasteiger partial charge in [0, 0.05) is 24.5 Å². The number of hydrogen-bond acceptors (Lipinski definition) is 3. The zero-order valence-electron chi connectivity index (χ0n) is 17.0. The van der Waals surface area contributed by atoms with Gasteiger partial charge in [0.05, 0.1) is 17.8 Å². The van der Waals surface area contributed by atoms with Gasteiger partial charge in [0.1, 0.15) is 5.15 Å². The second kappa shape index (κ2) is 7.91. The van der Waals surface area contributed by atoms with Crippen LogP contribution >= 0.6 is 11.6 Å². The Bertz CT molecular complexity index is 1060. The van der Waals surface area contributed by atoms with Crippen LogP contribution in [0.25, 0.3) is 0 Å². The first-order valence-electron chi connectivity index (χ1n) is 9.94. The summed E-state index contributed by atoms with van der Waals surface area (Å²) in [5.41, 5.74) is 6.63. The number of aryl methyl sites for hydroxylation is 2. The van der Waals surface area contributed by atoms with Crippen LogP contribution in [-0.4, -0.2) is 28.8 Å². The predicted molar refractivity (Wildman–Crippen MR) is 118 cm³/mol. The number of likely N-dealkylation sites (N-methyl/N-ethyl adjacent to an activating group) is 1. The Morgan fingerprint density at radius 3 is 2.66 bits per heavy atom. The number of benzene rings is 2. The number of halogens is 1. The summed E-state index contributed by atoms with van der Waals surface area (Å²) in [4.78, 5) is 15.3. The fourth-order valence-electron chi connectivity index (χ4n) is 3.83. The molecule has 0 unspecified atom stereocenters. The minimum absolute atomic E-state index is 0.233. The summed E-state index contributed by atoms with van der Waals surface area (Å²) < 4.78 is 1.68. The van der Waals surface area contributed by atoms with Crippen LogP contribution in [0.2, 0.25) is 5.15 Å². The van der Waals surface area contributed by atoms with Crippen molar-refractivity contribution in [3.63, 3.8) is 0 Å². The van der Waals surface area contributed by atoms with Gasteiger partial charge in [0.15, 0.2) is 0 Å². The lowest BCUT2D eigenvalue weighted by Gasteiger charge is -2.17. The van der Waals surface area contributed by atoms with Crippen LogP contribution in [0.3, 0.4) is 0 Å². The second-order valence-corrected chi connectivity index (χ2v) is 7.88. The van der Waals surface area contributed by atoms with Crippen molar-refractivity contribution in [1.29, 1.82) is 0 Å². The van der Waals surface area contributed by atoms with Gasteiger partial charge in [0.25, 0.3) is 5.91 Å². The minimum atomic E-state index is -0.233. The number of aromatic nitrogens is 2. The van der Waals surface area contributed by atoms with Crippen molar-refractivity contribution < 1.29 is 4.79 Å². The van der Waals surface area contributed by atoms with E-state index in [4.69, 9.17) is 11.6 Å². The largest absolute Gasteiger partial charge is 0.371 e. The number of amides is 1. The molecule has 1 aliphatic heterocycles. The number of hydrogen-bond donors (Lipinski definition) is 1. The van der Waals surface area contributed by atoms with Crippen molar-refractivity contribution in [3.8, 4) is 0 Å². The standard InChI is InChI=1S/C23H25ClN4O/c1-4-27-12-11-18-9-10-19(13-20(18)27)25-23(29)21-16(3)26-28(22(21)24)14-17-7-5-15(2)6-8-17/h5-10,13H,4,11-12,14H2,1-3H3,(H,25,29). The van der Waals surface area contributed by atoms with Gasteiger partial charge in [-0.2, -0.15) is 5.10 Å². The molecular weight excluding hydrogens is 384 g/mol. The van der Waals surface area contributed by atoms with E-state index in [9.17, 15) is 4.79 Å². The highest BCUT2D eigenvalue weighted by molar-refractivity contribution is 6.33. The molecule has 29 heavy (non-hydrogen) atoms. The normalized spacial score (nSPS) is 12.9. The Morgan fingerprint density at radius 2 is 1.93 bits per heavy atom. The maximum absolute atomic E-state index is 13.0. The zero-order valence-corrected chi connectivity index (χ0v) is 17.8. The predicted octanol–water partition coefficient (Wildman–Crippen LogP) is 4.84. The summed E-state index contributed by atoms with van der Waals surface area (Å²) >= 11 is 6.54. The molecule has 2 aromatic carbocycles. The quantitative estimate of drug-likeness (QED) is 0.657. The zero-order chi connectivity index (χ0) is 20.5. The monoisotopic (exact) mass is 408 g/mol. The van der Waals surface area contributed by atoms with E-state index in [0.29, 0.717) is 23.0 Å². The number of anilines is 2. The lowest BCUT2D eigenvalue weighted by atomic mass is 10.1. The van der Waals surface area contributed by atoms with Crippen LogP contribution in [0.5, 0.6) is 0 Å². The molecule has 1 aliphatic rings. The molecule has 0 saturated carbocycles. The molecule has 0 spiro atoms. The first-order valence-corrected chi connectivity index (χ1v) is 10.3. The maximum atomic E-state index is 13.0. The molecule has 4 rings (SSSR count). The van der Waals surface area contributed by atoms with Crippen molar-refractivity contribution in [2.75, 3.05) is 23.3 Å². The molecule has 5 nitrogen and oxygen atoms in total. The fourth-order valence-corrected chi connectivity index (χ4v) is 4.15. The summed E-state index contributed by atoms with van der Waals surface area (Å²) in [6.45, 7) is 8.52. The number of nitrogens with one attached hydrogen (secondary N) is 1. The highest BCUT2D eigenvalue weighted by Crippen LogP contribution is 2.31. The Morgan fingerprint density at radius 1 is 1.17 bits per heavy atom. The van der Waals surface area contributed by atoms with Gasteiger partial charge in [-0.15, -0.1) is 0 Å². The summed E-state index contributed by atoms with van der Waals surface area (Å²) in [7, 11) is 0. The molecule has 3 aromatic rings. The van der Waals surface area contributed by atoms with E-state index in [2.05, 4.69) is 47.4 Å². The highest BCUT2D eigenvalue weighted by Gasteiger charge is 2.22.